The molecule has 0 saturated heterocycles. The summed E-state index contributed by atoms with van der Waals surface area (Å²) in [4.78, 5) is 9.09. The van der Waals surface area contributed by atoms with E-state index in [2.05, 4.69) is 29.2 Å². The van der Waals surface area contributed by atoms with Crippen molar-refractivity contribution in [3.63, 3.8) is 0 Å². The molecule has 3 heteroatoms. The summed E-state index contributed by atoms with van der Waals surface area (Å²) < 4.78 is 2.04. The molecule has 0 radical (unpaired) electrons. The lowest BCUT2D eigenvalue weighted by atomic mass is 10.0. The van der Waals surface area contributed by atoms with E-state index in [4.69, 9.17) is 4.99 Å². The predicted octanol–water partition coefficient (Wildman–Crippen LogP) is 4.50. The molecule has 0 aliphatic heterocycles. The van der Waals surface area contributed by atoms with E-state index in [1.54, 1.807) is 6.20 Å². The minimum absolute atomic E-state index is 0.894. The fourth-order valence-electron chi connectivity index (χ4n) is 2.64. The Labute approximate surface area is 134 Å². The molecule has 2 aromatic heterocycles. The number of aliphatic imine (C=N–C) groups is 1. The third-order valence-electron chi connectivity index (χ3n) is 3.76. The zero-order valence-electron chi connectivity index (χ0n) is 12.5. The van der Waals surface area contributed by atoms with Gasteiger partial charge in [-0.3, -0.25) is 9.38 Å². The smallest absolute Gasteiger partial charge is 0.137 e. The maximum atomic E-state index is 4.94. The van der Waals surface area contributed by atoms with Gasteiger partial charge in [0.05, 0.1) is 17.4 Å². The van der Waals surface area contributed by atoms with Gasteiger partial charge in [0, 0.05) is 23.5 Å². The monoisotopic (exact) mass is 297 g/mol. The minimum atomic E-state index is 0.894. The number of hydrogen-bond donors (Lipinski definition) is 0. The topological polar surface area (TPSA) is 29.7 Å². The van der Waals surface area contributed by atoms with E-state index < -0.39 is 0 Å². The van der Waals surface area contributed by atoms with Crippen LogP contribution >= 0.6 is 0 Å². The van der Waals surface area contributed by atoms with Crippen molar-refractivity contribution >= 4 is 17.0 Å². The Bertz CT molecular complexity index is 912. The minimum Gasteiger partial charge on any atom is -0.299 e. The molecule has 4 rings (SSSR count). The van der Waals surface area contributed by atoms with Gasteiger partial charge < -0.3 is 0 Å². The van der Waals surface area contributed by atoms with Gasteiger partial charge in [-0.1, -0.05) is 60.7 Å². The zero-order valence-corrected chi connectivity index (χ0v) is 12.5. The molecule has 0 atom stereocenters. The summed E-state index contributed by atoms with van der Waals surface area (Å²) in [6, 6.07) is 24.6. The maximum absolute atomic E-state index is 4.94. The number of hydrogen-bond acceptors (Lipinski definition) is 2. The lowest BCUT2D eigenvalue weighted by Crippen LogP contribution is -2.03. The number of rotatable bonds is 3. The molecule has 0 aliphatic carbocycles. The maximum Gasteiger partial charge on any atom is 0.137 e. The quantitative estimate of drug-likeness (QED) is 0.512. The first kappa shape index (κ1) is 13.5. The van der Waals surface area contributed by atoms with Crippen LogP contribution in [0.3, 0.4) is 0 Å². The fourth-order valence-corrected chi connectivity index (χ4v) is 2.64. The van der Waals surface area contributed by atoms with E-state index in [-0.39, 0.29) is 0 Å². The van der Waals surface area contributed by atoms with Crippen LogP contribution in [0.25, 0.3) is 5.52 Å². The van der Waals surface area contributed by atoms with E-state index in [0.717, 1.165) is 28.2 Å². The van der Waals surface area contributed by atoms with E-state index in [1.807, 2.05) is 65.3 Å². The molecule has 0 unspecified atom stereocenters. The first-order valence-corrected chi connectivity index (χ1v) is 7.52. The van der Waals surface area contributed by atoms with Crippen LogP contribution in [-0.4, -0.2) is 15.1 Å². The molecule has 2 aromatic carbocycles. The molecule has 0 saturated carbocycles. The predicted molar refractivity (Wildman–Crippen MR) is 93.4 cm³/mol. The van der Waals surface area contributed by atoms with Crippen LogP contribution in [0.1, 0.15) is 11.1 Å². The van der Waals surface area contributed by atoms with Crippen LogP contribution in [0.5, 0.6) is 0 Å². The zero-order chi connectivity index (χ0) is 15.5. The van der Waals surface area contributed by atoms with E-state index >= 15 is 0 Å². The van der Waals surface area contributed by atoms with Gasteiger partial charge in [-0.25, -0.2) is 4.99 Å². The van der Waals surface area contributed by atoms with Crippen molar-refractivity contribution in [2.24, 2.45) is 4.99 Å². The second-order valence-corrected chi connectivity index (χ2v) is 5.26. The molecular formula is C20H15N3. The van der Waals surface area contributed by atoms with E-state index in [1.165, 1.54) is 0 Å². The second kappa shape index (κ2) is 5.89. The van der Waals surface area contributed by atoms with Crippen LogP contribution < -0.4 is 0 Å². The number of benzene rings is 2. The highest BCUT2D eigenvalue weighted by Gasteiger charge is 2.08. The van der Waals surface area contributed by atoms with Crippen LogP contribution in [0.2, 0.25) is 0 Å². The summed E-state index contributed by atoms with van der Waals surface area (Å²) in [6.45, 7) is 0. The molecule has 3 nitrogen and oxygen atoms in total. The summed E-state index contributed by atoms with van der Waals surface area (Å²) >= 11 is 0. The largest absolute Gasteiger partial charge is 0.299 e. The van der Waals surface area contributed by atoms with Gasteiger partial charge in [0.25, 0.3) is 0 Å². The highest BCUT2D eigenvalue weighted by molar-refractivity contribution is 6.13. The van der Waals surface area contributed by atoms with Crippen molar-refractivity contribution in [2.45, 2.75) is 0 Å². The van der Waals surface area contributed by atoms with Crippen molar-refractivity contribution in [2.75, 3.05) is 0 Å². The van der Waals surface area contributed by atoms with Gasteiger partial charge in [0.15, 0.2) is 0 Å². The normalized spacial score (nSPS) is 10.6. The Hall–Kier alpha value is -3.20. The van der Waals surface area contributed by atoms with Gasteiger partial charge >= 0.3 is 0 Å². The Kier molecular flexibility index (Phi) is 3.45. The van der Waals surface area contributed by atoms with Crippen molar-refractivity contribution in [3.8, 4) is 0 Å². The van der Waals surface area contributed by atoms with Crippen LogP contribution in [0.4, 0.5) is 5.82 Å². The summed E-state index contributed by atoms with van der Waals surface area (Å²) in [5, 5.41) is 0. The van der Waals surface area contributed by atoms with E-state index in [9.17, 15) is 0 Å². The number of fused-ring (bicyclic) bond motifs is 1. The van der Waals surface area contributed by atoms with Crippen molar-refractivity contribution in [1.29, 1.82) is 0 Å². The Morgan fingerprint density at radius 3 is 2.09 bits per heavy atom. The Morgan fingerprint density at radius 2 is 1.43 bits per heavy atom. The van der Waals surface area contributed by atoms with Crippen LogP contribution in [0, 0.1) is 0 Å². The molecule has 4 aromatic rings. The van der Waals surface area contributed by atoms with Crippen LogP contribution in [0.15, 0.2) is 96.4 Å². The fraction of sp³-hybridized carbons (Fsp3) is 0. The van der Waals surface area contributed by atoms with Gasteiger partial charge in [0.2, 0.25) is 0 Å². The molecule has 0 amide bonds. The molecule has 0 N–H and O–H groups in total. The van der Waals surface area contributed by atoms with Crippen molar-refractivity contribution < 1.29 is 0 Å². The SMILES string of the molecule is c1ccc(C(=Nc2ccc3cnccn23)c2ccccc2)cc1. The van der Waals surface area contributed by atoms with Crippen molar-refractivity contribution in [1.82, 2.24) is 9.38 Å². The van der Waals surface area contributed by atoms with Crippen LogP contribution in [-0.2, 0) is 0 Å². The molecule has 0 aliphatic rings. The highest BCUT2D eigenvalue weighted by Crippen LogP contribution is 2.21. The van der Waals surface area contributed by atoms with Gasteiger partial charge in [-0.05, 0) is 12.1 Å². The summed E-state index contributed by atoms with van der Waals surface area (Å²) in [5.74, 6) is 0.894. The first-order valence-electron chi connectivity index (χ1n) is 7.52. The molecule has 110 valence electrons. The Balaban J connectivity index is 1.92. The number of nitrogens with zero attached hydrogens (tertiary/aromatic N) is 3. The average Bonchev–Trinajstić information content (AvgIpc) is 3.04. The van der Waals surface area contributed by atoms with Gasteiger partial charge in [0.1, 0.15) is 5.82 Å². The molecule has 0 bridgehead atoms. The van der Waals surface area contributed by atoms with Gasteiger partial charge in [-0.2, -0.15) is 0 Å². The molecule has 0 spiro atoms. The molecule has 0 fully saturated rings. The molecular weight excluding hydrogens is 282 g/mol. The third kappa shape index (κ3) is 2.64. The molecule has 23 heavy (non-hydrogen) atoms. The second-order valence-electron chi connectivity index (χ2n) is 5.26. The summed E-state index contributed by atoms with van der Waals surface area (Å²) in [5.41, 5.74) is 4.19. The number of aromatic nitrogens is 2. The van der Waals surface area contributed by atoms with E-state index in [0.29, 0.717) is 0 Å². The summed E-state index contributed by atoms with van der Waals surface area (Å²) in [6.07, 6.45) is 5.54. The van der Waals surface area contributed by atoms with Crippen molar-refractivity contribution in [3.05, 3.63) is 103 Å². The standard InChI is InChI=1S/C20H15N3/c1-3-7-16(8-4-1)20(17-9-5-2-6-10-17)22-19-12-11-18-15-21-13-14-23(18)19/h1-15H. The lowest BCUT2D eigenvalue weighted by molar-refractivity contribution is 1.13. The molecule has 2 heterocycles. The summed E-state index contributed by atoms with van der Waals surface area (Å²) in [7, 11) is 0. The van der Waals surface area contributed by atoms with Gasteiger partial charge in [-0.15, -0.1) is 0 Å². The Morgan fingerprint density at radius 1 is 0.783 bits per heavy atom. The highest BCUT2D eigenvalue weighted by atomic mass is 15.0. The first-order chi connectivity index (χ1) is 11.4. The average molecular weight is 297 g/mol. The lowest BCUT2D eigenvalue weighted by Gasteiger charge is -2.07. The third-order valence-corrected chi connectivity index (χ3v) is 3.76.